The third kappa shape index (κ3) is 4.76. The molecule has 1 atom stereocenters. The summed E-state index contributed by atoms with van der Waals surface area (Å²) in [5.41, 5.74) is 0.338. The maximum atomic E-state index is 13.2. The molecule has 0 aliphatic carbocycles. The third-order valence-electron chi connectivity index (χ3n) is 4.12. The second kappa shape index (κ2) is 7.53. The Balaban J connectivity index is 1.81. The van der Waals surface area contributed by atoms with Crippen LogP contribution in [-0.2, 0) is 10.0 Å². The van der Waals surface area contributed by atoms with Crippen molar-refractivity contribution in [2.24, 2.45) is 5.92 Å². The van der Waals surface area contributed by atoms with Crippen LogP contribution >= 0.6 is 0 Å². The van der Waals surface area contributed by atoms with Crippen LogP contribution in [0, 0.1) is 18.7 Å². The largest absolute Gasteiger partial charge is 0.303 e. The second-order valence-corrected chi connectivity index (χ2v) is 7.98. The second-order valence-electron chi connectivity index (χ2n) is 6.21. The van der Waals surface area contributed by atoms with Crippen LogP contribution in [0.25, 0.3) is 0 Å². The molecule has 124 valence electrons. The van der Waals surface area contributed by atoms with E-state index in [0.29, 0.717) is 12.1 Å². The molecule has 2 rings (SSSR count). The van der Waals surface area contributed by atoms with Crippen molar-refractivity contribution in [2.75, 3.05) is 26.2 Å². The van der Waals surface area contributed by atoms with E-state index in [1.165, 1.54) is 31.0 Å². The van der Waals surface area contributed by atoms with Crippen LogP contribution < -0.4 is 4.72 Å². The van der Waals surface area contributed by atoms with Crippen LogP contribution in [0.1, 0.15) is 31.7 Å². The summed E-state index contributed by atoms with van der Waals surface area (Å²) in [6.45, 7) is 7.34. The number of sulfonamides is 1. The smallest absolute Gasteiger partial charge is 0.240 e. The Morgan fingerprint density at radius 1 is 1.41 bits per heavy atom. The highest BCUT2D eigenvalue weighted by molar-refractivity contribution is 7.89. The first kappa shape index (κ1) is 17.4. The molecular weight excluding hydrogens is 303 g/mol. The average molecular weight is 328 g/mol. The number of hydrogen-bond acceptors (Lipinski definition) is 3. The standard InChI is InChI=1S/C16H25FN2O2S/c1-13-5-3-9-19(12-13)10-4-8-18-22(20,21)15-6-7-16(17)14(2)11-15/h6-7,11,13,18H,3-5,8-10,12H2,1-2H3/t13-/m1/s1. The quantitative estimate of drug-likeness (QED) is 0.817. The lowest BCUT2D eigenvalue weighted by atomic mass is 10.0. The van der Waals surface area contributed by atoms with E-state index >= 15 is 0 Å². The number of hydrogen-bond donors (Lipinski definition) is 1. The van der Waals surface area contributed by atoms with E-state index in [1.807, 2.05) is 0 Å². The zero-order valence-electron chi connectivity index (χ0n) is 13.3. The minimum absolute atomic E-state index is 0.123. The SMILES string of the molecule is Cc1cc(S(=O)(=O)NCCCN2CCC[C@@H](C)C2)ccc1F. The first-order valence-corrected chi connectivity index (χ1v) is 9.35. The van der Waals surface area contributed by atoms with Gasteiger partial charge < -0.3 is 4.90 Å². The van der Waals surface area contributed by atoms with Gasteiger partial charge in [-0.25, -0.2) is 17.5 Å². The van der Waals surface area contributed by atoms with Gasteiger partial charge in [-0.05, 0) is 69.0 Å². The Labute approximate surface area is 132 Å². The molecule has 1 aliphatic rings. The van der Waals surface area contributed by atoms with Gasteiger partial charge in [0.15, 0.2) is 0 Å². The molecule has 6 heteroatoms. The predicted octanol–water partition coefficient (Wildman–Crippen LogP) is 2.53. The van der Waals surface area contributed by atoms with Crippen molar-refractivity contribution in [1.29, 1.82) is 0 Å². The van der Waals surface area contributed by atoms with Gasteiger partial charge in [0.25, 0.3) is 0 Å². The molecule has 22 heavy (non-hydrogen) atoms. The van der Waals surface area contributed by atoms with Crippen LogP contribution in [0.2, 0.25) is 0 Å². The zero-order valence-corrected chi connectivity index (χ0v) is 14.1. The predicted molar refractivity (Wildman–Crippen MR) is 85.8 cm³/mol. The van der Waals surface area contributed by atoms with Crippen molar-refractivity contribution in [2.45, 2.75) is 38.0 Å². The highest BCUT2D eigenvalue weighted by Crippen LogP contribution is 2.16. The van der Waals surface area contributed by atoms with Gasteiger partial charge in [0, 0.05) is 13.1 Å². The molecule has 0 spiro atoms. The van der Waals surface area contributed by atoms with E-state index in [4.69, 9.17) is 0 Å². The Morgan fingerprint density at radius 2 is 2.18 bits per heavy atom. The van der Waals surface area contributed by atoms with Crippen LogP contribution in [0.4, 0.5) is 4.39 Å². The zero-order chi connectivity index (χ0) is 16.2. The maximum Gasteiger partial charge on any atom is 0.240 e. The third-order valence-corrected chi connectivity index (χ3v) is 5.58. The summed E-state index contributed by atoms with van der Waals surface area (Å²) in [6, 6.07) is 3.86. The van der Waals surface area contributed by atoms with E-state index in [-0.39, 0.29) is 4.90 Å². The van der Waals surface area contributed by atoms with Gasteiger partial charge in [-0.3, -0.25) is 0 Å². The first-order chi connectivity index (χ1) is 10.4. The van der Waals surface area contributed by atoms with Gasteiger partial charge in [0.1, 0.15) is 5.82 Å². The molecule has 0 unspecified atom stereocenters. The van der Waals surface area contributed by atoms with Crippen LogP contribution in [0.5, 0.6) is 0 Å². The van der Waals surface area contributed by atoms with Crippen LogP contribution in [0.15, 0.2) is 23.1 Å². The summed E-state index contributed by atoms with van der Waals surface area (Å²) in [7, 11) is -3.55. The molecule has 0 bridgehead atoms. The van der Waals surface area contributed by atoms with E-state index in [2.05, 4.69) is 16.5 Å². The molecule has 1 aliphatic heterocycles. The molecule has 0 amide bonds. The summed E-state index contributed by atoms with van der Waals surface area (Å²) in [5, 5.41) is 0. The molecule has 1 fully saturated rings. The van der Waals surface area contributed by atoms with Gasteiger partial charge in [-0.15, -0.1) is 0 Å². The molecule has 1 saturated heterocycles. The van der Waals surface area contributed by atoms with E-state index in [1.54, 1.807) is 6.92 Å². The summed E-state index contributed by atoms with van der Waals surface area (Å²) in [6.07, 6.45) is 3.29. The Morgan fingerprint density at radius 3 is 2.86 bits per heavy atom. The van der Waals surface area contributed by atoms with Gasteiger partial charge in [-0.1, -0.05) is 6.92 Å². The van der Waals surface area contributed by atoms with Crippen molar-refractivity contribution < 1.29 is 12.8 Å². The van der Waals surface area contributed by atoms with Crippen molar-refractivity contribution in [3.05, 3.63) is 29.6 Å². The van der Waals surface area contributed by atoms with Gasteiger partial charge in [-0.2, -0.15) is 0 Å². The molecule has 1 aromatic rings. The minimum Gasteiger partial charge on any atom is -0.303 e. The number of aryl methyl sites for hydroxylation is 1. The number of halogens is 1. The minimum atomic E-state index is -3.55. The first-order valence-electron chi connectivity index (χ1n) is 7.86. The van der Waals surface area contributed by atoms with Gasteiger partial charge in [0.2, 0.25) is 10.0 Å². The topological polar surface area (TPSA) is 49.4 Å². The molecule has 0 aromatic heterocycles. The number of benzene rings is 1. The number of nitrogens with one attached hydrogen (secondary N) is 1. The molecule has 1 aromatic carbocycles. The molecule has 0 saturated carbocycles. The summed E-state index contributed by atoms with van der Waals surface area (Å²) >= 11 is 0. The van der Waals surface area contributed by atoms with E-state index in [9.17, 15) is 12.8 Å². The number of rotatable bonds is 6. The lowest BCUT2D eigenvalue weighted by molar-refractivity contribution is 0.182. The Kier molecular flexibility index (Phi) is 5.94. The van der Waals surface area contributed by atoms with Crippen LogP contribution in [0.3, 0.4) is 0 Å². The number of nitrogens with zero attached hydrogens (tertiary/aromatic N) is 1. The number of likely N-dealkylation sites (tertiary alicyclic amines) is 1. The maximum absolute atomic E-state index is 13.2. The van der Waals surface area contributed by atoms with Crippen molar-refractivity contribution in [3.63, 3.8) is 0 Å². The summed E-state index contributed by atoms with van der Waals surface area (Å²) in [5.74, 6) is 0.339. The molecular formula is C16H25FN2O2S. The fraction of sp³-hybridized carbons (Fsp3) is 0.625. The fourth-order valence-electron chi connectivity index (χ4n) is 2.87. The fourth-order valence-corrected chi connectivity index (χ4v) is 4.03. The Bertz CT molecular complexity index is 604. The molecule has 1 N–H and O–H groups in total. The Hall–Kier alpha value is -0.980. The highest BCUT2D eigenvalue weighted by Gasteiger charge is 2.17. The highest BCUT2D eigenvalue weighted by atomic mass is 32.2. The lowest BCUT2D eigenvalue weighted by Crippen LogP contribution is -2.36. The summed E-state index contributed by atoms with van der Waals surface area (Å²) < 4.78 is 40.1. The van der Waals surface area contributed by atoms with Crippen molar-refractivity contribution >= 4 is 10.0 Å². The van der Waals surface area contributed by atoms with Gasteiger partial charge >= 0.3 is 0 Å². The van der Waals surface area contributed by atoms with Gasteiger partial charge in [0.05, 0.1) is 4.90 Å². The monoisotopic (exact) mass is 328 g/mol. The lowest BCUT2D eigenvalue weighted by Gasteiger charge is -2.30. The van der Waals surface area contributed by atoms with Crippen LogP contribution in [-0.4, -0.2) is 39.5 Å². The van der Waals surface area contributed by atoms with Crippen molar-refractivity contribution in [3.8, 4) is 0 Å². The van der Waals surface area contributed by atoms with E-state index in [0.717, 1.165) is 32.0 Å². The molecule has 0 radical (unpaired) electrons. The average Bonchev–Trinajstić information content (AvgIpc) is 2.46. The normalized spacial score (nSPS) is 20.2. The van der Waals surface area contributed by atoms with E-state index < -0.39 is 15.8 Å². The van der Waals surface area contributed by atoms with Crippen molar-refractivity contribution in [1.82, 2.24) is 9.62 Å². The molecule has 4 nitrogen and oxygen atoms in total. The number of piperidine rings is 1. The summed E-state index contributed by atoms with van der Waals surface area (Å²) in [4.78, 5) is 2.52. The molecule has 1 heterocycles.